The van der Waals surface area contributed by atoms with Gasteiger partial charge in [0.25, 0.3) is 0 Å². The van der Waals surface area contributed by atoms with Crippen LogP contribution in [-0.2, 0) is 0 Å². The Kier molecular flexibility index (Phi) is 3.67. The fourth-order valence-electron chi connectivity index (χ4n) is 6.71. The summed E-state index contributed by atoms with van der Waals surface area (Å²) in [5, 5.41) is 4.68. The summed E-state index contributed by atoms with van der Waals surface area (Å²) < 4.78 is 6.71. The lowest BCUT2D eigenvalue weighted by atomic mass is 10.0. The highest BCUT2D eigenvalue weighted by Gasteiger charge is 2.25. The zero-order valence-electron chi connectivity index (χ0n) is 21.6. The lowest BCUT2D eigenvalue weighted by molar-refractivity contribution is 1.15. The van der Waals surface area contributed by atoms with E-state index in [1.165, 1.54) is 10.8 Å². The van der Waals surface area contributed by atoms with Crippen LogP contribution in [0.5, 0.6) is 0 Å². The van der Waals surface area contributed by atoms with E-state index in [-0.39, 0.29) is 0 Å². The lowest BCUT2D eigenvalue weighted by Gasteiger charge is -2.07. The van der Waals surface area contributed by atoms with E-state index in [1.54, 1.807) is 0 Å². The Morgan fingerprint density at radius 1 is 0.512 bits per heavy atom. The van der Waals surface area contributed by atoms with Gasteiger partial charge in [0.2, 0.25) is 11.6 Å². The maximum Gasteiger partial charge on any atom is 0.223 e. The van der Waals surface area contributed by atoms with Crippen LogP contribution in [0.4, 0.5) is 5.69 Å². The van der Waals surface area contributed by atoms with Gasteiger partial charge in [0, 0.05) is 0 Å². The predicted octanol–water partition coefficient (Wildman–Crippen LogP) is 8.66. The van der Waals surface area contributed by atoms with Gasteiger partial charge >= 0.3 is 0 Å². The first-order valence-corrected chi connectivity index (χ1v) is 13.6. The zero-order valence-corrected chi connectivity index (χ0v) is 21.6. The molecule has 0 fully saturated rings. The Labute approximate surface area is 232 Å². The van der Waals surface area contributed by atoms with Gasteiger partial charge in [-0.1, -0.05) is 72.8 Å². The monoisotopic (exact) mass is 522 g/mol. The van der Waals surface area contributed by atoms with Gasteiger partial charge in [-0.05, 0) is 69.1 Å². The zero-order chi connectivity index (χ0) is 26.8. The van der Waals surface area contributed by atoms with Crippen molar-refractivity contribution in [1.82, 2.24) is 23.2 Å². The van der Waals surface area contributed by atoms with Crippen LogP contribution < -0.4 is 0 Å². The Morgan fingerprint density at radius 3 is 1.54 bits per heavy atom. The first kappa shape index (κ1) is 21.0. The van der Waals surface area contributed by atoms with E-state index in [0.717, 1.165) is 72.1 Å². The number of hydrogen-bond donors (Lipinski definition) is 0. The number of fused-ring (bicyclic) bond motifs is 12. The molecule has 6 nitrogen and oxygen atoms in total. The highest BCUT2D eigenvalue weighted by molar-refractivity contribution is 6.09. The molecule has 6 aromatic carbocycles. The number of nitrogens with zero attached hydrogens (tertiary/aromatic N) is 6. The molecular weight excluding hydrogens is 504 g/mol. The standard InChI is InChI=1S/C35H18N6/c1-36-26-13-7-6-12-25(26)24-18-31-33-32(19-24)40-30-17-23-11-5-3-9-21(23)15-28(30)38-35(40)41(33)34-37-27-14-20-8-2-4-10-22(20)16-29(27)39(31)34/h2-19H. The minimum Gasteiger partial charge on any atom is -0.276 e. The van der Waals surface area contributed by atoms with Gasteiger partial charge in [0.05, 0.1) is 39.7 Å². The van der Waals surface area contributed by atoms with Gasteiger partial charge in [0.15, 0.2) is 5.69 Å². The Balaban J connectivity index is 1.46. The van der Waals surface area contributed by atoms with Crippen molar-refractivity contribution in [3.63, 3.8) is 0 Å². The van der Waals surface area contributed by atoms with E-state index >= 15 is 0 Å². The molecule has 0 saturated carbocycles. The average molecular weight is 523 g/mol. The summed E-state index contributed by atoms with van der Waals surface area (Å²) in [6, 6.07) is 37.8. The number of imidazole rings is 4. The molecule has 4 heterocycles. The van der Waals surface area contributed by atoms with E-state index in [1.807, 2.05) is 24.3 Å². The van der Waals surface area contributed by atoms with Gasteiger partial charge in [-0.15, -0.1) is 0 Å². The highest BCUT2D eigenvalue weighted by Crippen LogP contribution is 2.40. The maximum absolute atomic E-state index is 7.83. The van der Waals surface area contributed by atoms with Crippen molar-refractivity contribution in [3.05, 3.63) is 121 Å². The maximum atomic E-state index is 7.83. The molecule has 10 rings (SSSR count). The van der Waals surface area contributed by atoms with E-state index < -0.39 is 0 Å². The molecule has 188 valence electrons. The molecule has 6 heteroatoms. The van der Waals surface area contributed by atoms with Crippen LogP contribution >= 0.6 is 0 Å². The van der Waals surface area contributed by atoms with Crippen LogP contribution in [0.1, 0.15) is 0 Å². The molecule has 0 bridgehead atoms. The van der Waals surface area contributed by atoms with E-state index in [4.69, 9.17) is 16.5 Å². The molecular formula is C35H18N6. The molecule has 41 heavy (non-hydrogen) atoms. The third-order valence-corrected chi connectivity index (χ3v) is 8.52. The van der Waals surface area contributed by atoms with E-state index in [9.17, 15) is 0 Å². The van der Waals surface area contributed by atoms with Crippen molar-refractivity contribution < 1.29 is 0 Å². The van der Waals surface area contributed by atoms with Crippen molar-refractivity contribution >= 4 is 77.4 Å². The van der Waals surface area contributed by atoms with Crippen LogP contribution in [0.2, 0.25) is 0 Å². The van der Waals surface area contributed by atoms with Gasteiger partial charge in [-0.2, -0.15) is 0 Å². The minimum absolute atomic E-state index is 0.635. The third-order valence-electron chi connectivity index (χ3n) is 8.52. The Bertz CT molecular complexity index is 2610. The molecule has 0 spiro atoms. The summed E-state index contributed by atoms with van der Waals surface area (Å²) in [7, 11) is 0. The van der Waals surface area contributed by atoms with E-state index in [0.29, 0.717) is 5.69 Å². The number of benzene rings is 6. The number of rotatable bonds is 1. The van der Waals surface area contributed by atoms with Crippen LogP contribution in [-0.4, -0.2) is 23.2 Å². The second kappa shape index (κ2) is 7.17. The topological polar surface area (TPSA) is 43.4 Å². The van der Waals surface area contributed by atoms with E-state index in [2.05, 4.69) is 103 Å². The Hall–Kier alpha value is -5.93. The lowest BCUT2D eigenvalue weighted by Crippen LogP contribution is -1.89. The first-order valence-electron chi connectivity index (χ1n) is 13.6. The van der Waals surface area contributed by atoms with Crippen LogP contribution in [0.3, 0.4) is 0 Å². The van der Waals surface area contributed by atoms with Gasteiger partial charge < -0.3 is 0 Å². The van der Waals surface area contributed by atoms with Gasteiger partial charge in [-0.3, -0.25) is 8.80 Å². The fraction of sp³-hybridized carbons (Fsp3) is 0. The number of aromatic nitrogens is 5. The summed E-state index contributed by atoms with van der Waals surface area (Å²) in [5.41, 5.74) is 9.71. The SMILES string of the molecule is [C-]#[N+]c1ccccc1-c1cc2c3c(c1)n1c4cc5ccccc5cc4nc1n3c1nc3cc4ccccc4cc3n21. The summed E-state index contributed by atoms with van der Waals surface area (Å²) in [4.78, 5) is 14.2. The second-order valence-corrected chi connectivity index (χ2v) is 10.7. The molecule has 0 aliphatic rings. The summed E-state index contributed by atoms with van der Waals surface area (Å²) in [6.45, 7) is 7.83. The van der Waals surface area contributed by atoms with Gasteiger partial charge in [-0.25, -0.2) is 19.2 Å². The van der Waals surface area contributed by atoms with Crippen molar-refractivity contribution in [3.8, 4) is 11.1 Å². The normalized spacial score (nSPS) is 12.4. The first-order chi connectivity index (χ1) is 20.3. The molecule has 10 aromatic rings. The highest BCUT2D eigenvalue weighted by atomic mass is 15.3. The minimum atomic E-state index is 0.635. The largest absolute Gasteiger partial charge is 0.276 e. The van der Waals surface area contributed by atoms with Crippen molar-refractivity contribution in [2.75, 3.05) is 0 Å². The van der Waals surface area contributed by atoms with Crippen LogP contribution in [0, 0.1) is 6.57 Å². The molecule has 0 saturated heterocycles. The fourth-order valence-corrected chi connectivity index (χ4v) is 6.71. The molecule has 0 N–H and O–H groups in total. The smallest absolute Gasteiger partial charge is 0.223 e. The van der Waals surface area contributed by atoms with Crippen molar-refractivity contribution in [2.45, 2.75) is 0 Å². The van der Waals surface area contributed by atoms with Gasteiger partial charge in [0.1, 0.15) is 5.52 Å². The van der Waals surface area contributed by atoms with Crippen LogP contribution in [0.15, 0.2) is 109 Å². The third kappa shape index (κ3) is 2.56. The molecule has 0 unspecified atom stereocenters. The summed E-state index contributed by atoms with van der Waals surface area (Å²) >= 11 is 0. The Morgan fingerprint density at radius 2 is 1.00 bits per heavy atom. The summed E-state index contributed by atoms with van der Waals surface area (Å²) in [6.07, 6.45) is 0. The predicted molar refractivity (Wildman–Crippen MR) is 165 cm³/mol. The quantitative estimate of drug-likeness (QED) is 0.203. The molecule has 0 amide bonds. The van der Waals surface area contributed by atoms with Crippen molar-refractivity contribution in [2.24, 2.45) is 0 Å². The molecule has 0 aliphatic carbocycles. The average Bonchev–Trinajstić information content (AvgIpc) is 3.73. The molecule has 4 aromatic heterocycles. The molecule has 0 radical (unpaired) electrons. The number of hydrogen-bond acceptors (Lipinski definition) is 2. The summed E-state index contributed by atoms with van der Waals surface area (Å²) in [5.74, 6) is 1.67. The van der Waals surface area contributed by atoms with Crippen molar-refractivity contribution in [1.29, 1.82) is 0 Å². The molecule has 0 atom stereocenters. The second-order valence-electron chi connectivity index (χ2n) is 10.7. The van der Waals surface area contributed by atoms with Crippen LogP contribution in [0.25, 0.3) is 87.7 Å². The molecule has 0 aliphatic heterocycles. The number of para-hydroxylation sites is 1.